The van der Waals surface area contributed by atoms with Gasteiger partial charge in [-0.25, -0.2) is 8.78 Å². The van der Waals surface area contributed by atoms with E-state index in [-0.39, 0.29) is 30.3 Å². The molecule has 0 fully saturated rings. The van der Waals surface area contributed by atoms with Crippen LogP contribution < -0.4 is 21.5 Å². The van der Waals surface area contributed by atoms with E-state index in [1.807, 2.05) is 0 Å². The Morgan fingerprint density at radius 1 is 1.02 bits per heavy atom. The number of carboxylic acid groups (broad SMARTS) is 1. The van der Waals surface area contributed by atoms with Gasteiger partial charge in [0.2, 0.25) is 0 Å². The number of hydrogen-bond acceptors (Lipinski definition) is 6. The lowest BCUT2D eigenvalue weighted by Gasteiger charge is -2.20. The van der Waals surface area contributed by atoms with E-state index in [1.54, 1.807) is 55.5 Å². The monoisotopic (exact) mass is 556 g/mol. The standard InChI is InChI=1S/C26H26F2N4O4.C2H4O2/c1-2-35-24(26(34)32-13-15-7-9-16(10-8-15)25(30)31)23-19(27)11-17(12-20(23)28)18-5-3-4-6-21(18)36-14-22(29)33;1-2(3)4/h3-12,24H,2,13-14H2,1H3,(H2,29,33)(H3,30,31)(H,32,34);1H3,(H,3,4). The summed E-state index contributed by atoms with van der Waals surface area (Å²) in [5.74, 6) is -4.07. The van der Waals surface area contributed by atoms with Gasteiger partial charge in [-0.1, -0.05) is 42.5 Å². The Hall–Kier alpha value is -4.84. The predicted octanol–water partition coefficient (Wildman–Crippen LogP) is 3.26. The van der Waals surface area contributed by atoms with Crippen LogP contribution in [0.4, 0.5) is 8.78 Å². The van der Waals surface area contributed by atoms with Crippen LogP contribution in [0.25, 0.3) is 11.1 Å². The average Bonchev–Trinajstić information content (AvgIpc) is 2.89. The van der Waals surface area contributed by atoms with Gasteiger partial charge < -0.3 is 31.4 Å². The molecule has 3 aromatic rings. The van der Waals surface area contributed by atoms with Crippen LogP contribution in [0.3, 0.4) is 0 Å². The number of para-hydroxylation sites is 1. The van der Waals surface area contributed by atoms with Crippen LogP contribution in [0.15, 0.2) is 60.7 Å². The van der Waals surface area contributed by atoms with Crippen molar-refractivity contribution in [2.75, 3.05) is 13.2 Å². The minimum absolute atomic E-state index is 0.0375. The van der Waals surface area contributed by atoms with Crippen molar-refractivity contribution in [1.29, 1.82) is 5.41 Å². The van der Waals surface area contributed by atoms with E-state index in [9.17, 15) is 9.59 Å². The lowest BCUT2D eigenvalue weighted by Crippen LogP contribution is -2.31. The van der Waals surface area contributed by atoms with E-state index in [1.165, 1.54) is 0 Å². The lowest BCUT2D eigenvalue weighted by atomic mass is 9.99. The lowest BCUT2D eigenvalue weighted by molar-refractivity contribution is -0.134. The molecule has 3 aromatic carbocycles. The van der Waals surface area contributed by atoms with E-state index in [4.69, 9.17) is 36.3 Å². The van der Waals surface area contributed by atoms with Gasteiger partial charge in [-0.15, -0.1) is 0 Å². The zero-order chi connectivity index (χ0) is 29.8. The van der Waals surface area contributed by atoms with Gasteiger partial charge in [0.05, 0.1) is 5.56 Å². The number of carboxylic acids is 1. The first-order valence-electron chi connectivity index (χ1n) is 12.0. The van der Waals surface area contributed by atoms with E-state index in [2.05, 4.69) is 5.32 Å². The van der Waals surface area contributed by atoms with Gasteiger partial charge in [0, 0.05) is 31.2 Å². The van der Waals surface area contributed by atoms with Crippen molar-refractivity contribution in [3.05, 3.63) is 89.0 Å². The van der Waals surface area contributed by atoms with Crippen molar-refractivity contribution in [3.8, 4) is 16.9 Å². The van der Waals surface area contributed by atoms with Gasteiger partial charge >= 0.3 is 0 Å². The number of carbonyl (C=O) groups excluding carboxylic acids is 2. The molecule has 2 amide bonds. The van der Waals surface area contributed by atoms with Crippen molar-refractivity contribution < 1.29 is 37.7 Å². The maximum Gasteiger partial charge on any atom is 0.300 e. The molecule has 212 valence electrons. The minimum atomic E-state index is -1.53. The first-order valence-corrected chi connectivity index (χ1v) is 12.0. The van der Waals surface area contributed by atoms with Crippen molar-refractivity contribution in [1.82, 2.24) is 5.32 Å². The molecule has 0 bridgehead atoms. The number of aliphatic carboxylic acids is 1. The number of primary amides is 1. The number of benzene rings is 3. The number of nitrogen functional groups attached to an aromatic ring is 1. The van der Waals surface area contributed by atoms with Crippen molar-refractivity contribution in [3.63, 3.8) is 0 Å². The molecule has 0 spiro atoms. The molecule has 0 saturated carbocycles. The highest BCUT2D eigenvalue weighted by molar-refractivity contribution is 5.94. The van der Waals surface area contributed by atoms with Crippen LogP contribution in [-0.2, 0) is 25.7 Å². The molecule has 0 aliphatic carbocycles. The van der Waals surface area contributed by atoms with Crippen LogP contribution >= 0.6 is 0 Å². The fourth-order valence-electron chi connectivity index (χ4n) is 3.51. The Bertz CT molecular complexity index is 1340. The molecule has 1 unspecified atom stereocenters. The highest BCUT2D eigenvalue weighted by atomic mass is 19.1. The molecule has 0 saturated heterocycles. The van der Waals surface area contributed by atoms with Crippen LogP contribution in [0, 0.1) is 17.0 Å². The maximum atomic E-state index is 15.2. The van der Waals surface area contributed by atoms with Gasteiger partial charge in [0.25, 0.3) is 17.8 Å². The Labute approximate surface area is 229 Å². The summed E-state index contributed by atoms with van der Waals surface area (Å²) in [5.41, 5.74) is 11.7. The third-order valence-corrected chi connectivity index (χ3v) is 5.21. The van der Waals surface area contributed by atoms with Crippen molar-refractivity contribution in [2.45, 2.75) is 26.5 Å². The molecule has 0 radical (unpaired) electrons. The third-order valence-electron chi connectivity index (χ3n) is 5.21. The zero-order valence-corrected chi connectivity index (χ0v) is 21.9. The summed E-state index contributed by atoms with van der Waals surface area (Å²) < 4.78 is 41.2. The van der Waals surface area contributed by atoms with E-state index >= 15 is 8.78 Å². The molecule has 12 heteroatoms. The second-order valence-corrected chi connectivity index (χ2v) is 8.29. The normalized spacial score (nSPS) is 11.0. The maximum absolute atomic E-state index is 15.2. The molecule has 1 atom stereocenters. The molecule has 3 rings (SSSR count). The summed E-state index contributed by atoms with van der Waals surface area (Å²) in [5, 5.41) is 17.5. The van der Waals surface area contributed by atoms with Gasteiger partial charge in [-0.05, 0) is 36.2 Å². The molecule has 10 nitrogen and oxygen atoms in total. The first kappa shape index (κ1) is 31.4. The minimum Gasteiger partial charge on any atom is -0.483 e. The summed E-state index contributed by atoms with van der Waals surface area (Å²) in [6.07, 6.45) is -1.53. The fraction of sp³-hybridized carbons (Fsp3) is 0.214. The van der Waals surface area contributed by atoms with Gasteiger partial charge in [-0.2, -0.15) is 0 Å². The highest BCUT2D eigenvalue weighted by Gasteiger charge is 2.28. The number of halogens is 2. The largest absolute Gasteiger partial charge is 0.483 e. The highest BCUT2D eigenvalue weighted by Crippen LogP contribution is 2.34. The second kappa shape index (κ2) is 14.9. The molecule has 0 aliphatic heterocycles. The number of amidine groups is 1. The average molecular weight is 557 g/mol. The zero-order valence-electron chi connectivity index (χ0n) is 21.9. The summed E-state index contributed by atoms with van der Waals surface area (Å²) in [6, 6.07) is 15.2. The Morgan fingerprint density at radius 2 is 1.60 bits per heavy atom. The van der Waals surface area contributed by atoms with E-state index in [0.29, 0.717) is 16.7 Å². The first-order chi connectivity index (χ1) is 18.9. The number of hydrogen-bond donors (Lipinski definition) is 5. The number of ether oxygens (including phenoxy) is 2. The third kappa shape index (κ3) is 9.17. The molecule has 0 heterocycles. The summed E-state index contributed by atoms with van der Waals surface area (Å²) in [6.45, 7) is 2.41. The van der Waals surface area contributed by atoms with Crippen LogP contribution in [0.2, 0.25) is 0 Å². The Morgan fingerprint density at radius 3 is 2.12 bits per heavy atom. The van der Waals surface area contributed by atoms with Crippen LogP contribution in [0.1, 0.15) is 36.6 Å². The number of nitrogens with one attached hydrogen (secondary N) is 2. The van der Waals surface area contributed by atoms with Crippen molar-refractivity contribution in [2.24, 2.45) is 11.5 Å². The van der Waals surface area contributed by atoms with E-state index in [0.717, 1.165) is 19.1 Å². The SMILES string of the molecule is CC(=O)O.CCOC(C(=O)NCc1ccc(C(=N)N)cc1)c1c(F)cc(-c2ccccc2OCC(N)=O)cc1F. The number of nitrogens with two attached hydrogens (primary N) is 2. The Balaban J connectivity index is 0.00000131. The Kier molecular flexibility index (Phi) is 11.7. The smallest absolute Gasteiger partial charge is 0.300 e. The summed E-state index contributed by atoms with van der Waals surface area (Å²) >= 11 is 0. The van der Waals surface area contributed by atoms with Crippen LogP contribution in [-0.4, -0.2) is 41.9 Å². The molecular weight excluding hydrogens is 526 g/mol. The molecule has 7 N–H and O–H groups in total. The van der Waals surface area contributed by atoms with Crippen molar-refractivity contribution >= 4 is 23.6 Å². The summed E-state index contributed by atoms with van der Waals surface area (Å²) in [7, 11) is 0. The molecule has 40 heavy (non-hydrogen) atoms. The molecule has 0 aliphatic rings. The van der Waals surface area contributed by atoms with Gasteiger partial charge in [0.15, 0.2) is 12.7 Å². The quantitative estimate of drug-likeness (QED) is 0.178. The van der Waals surface area contributed by atoms with Gasteiger partial charge in [0.1, 0.15) is 23.2 Å². The second-order valence-electron chi connectivity index (χ2n) is 8.29. The topological polar surface area (TPSA) is 178 Å². The molecular formula is C28H30F2N4O6. The number of rotatable bonds is 11. The molecule has 0 aromatic heterocycles. The van der Waals surface area contributed by atoms with Gasteiger partial charge in [-0.3, -0.25) is 19.8 Å². The summed E-state index contributed by atoms with van der Waals surface area (Å²) in [4.78, 5) is 32.9. The number of amides is 2. The number of carbonyl (C=O) groups is 3. The fourth-order valence-corrected chi connectivity index (χ4v) is 3.51. The van der Waals surface area contributed by atoms with E-state index < -0.39 is 47.7 Å². The van der Waals surface area contributed by atoms with Crippen LogP contribution in [0.5, 0.6) is 5.75 Å². The predicted molar refractivity (Wildman–Crippen MR) is 143 cm³/mol.